The van der Waals surface area contributed by atoms with Gasteiger partial charge in [-0.3, -0.25) is 0 Å². The Morgan fingerprint density at radius 2 is 1.33 bits per heavy atom. The predicted octanol–water partition coefficient (Wildman–Crippen LogP) is 3.88. The summed E-state index contributed by atoms with van der Waals surface area (Å²) in [4.78, 5) is 0. The van der Waals surface area contributed by atoms with Crippen molar-refractivity contribution in [1.82, 2.24) is 0 Å². The van der Waals surface area contributed by atoms with Crippen molar-refractivity contribution in [1.29, 1.82) is 0 Å². The molecule has 0 aromatic heterocycles. The van der Waals surface area contributed by atoms with E-state index in [4.69, 9.17) is 18.3 Å². The van der Waals surface area contributed by atoms with Gasteiger partial charge < -0.3 is 18.3 Å². The lowest BCUT2D eigenvalue weighted by Gasteiger charge is -2.40. The van der Waals surface area contributed by atoms with Crippen molar-refractivity contribution in [3.8, 4) is 0 Å². The first-order valence-electron chi connectivity index (χ1n) is 10.2. The number of hydrogen-bond acceptors (Lipinski definition) is 4. The molecule has 24 heavy (non-hydrogen) atoms. The van der Waals surface area contributed by atoms with E-state index in [1.165, 1.54) is 38.5 Å². The Morgan fingerprint density at radius 3 is 1.75 bits per heavy atom. The zero-order valence-electron chi connectivity index (χ0n) is 15.5. The van der Waals surface area contributed by atoms with Gasteiger partial charge in [-0.25, -0.2) is 0 Å². The molecule has 2 heterocycles. The normalized spacial score (nSPS) is 42.1. The standard InChI is InChI=1S/C19H34O4Si/c1-4-20-24(3,21-5-2)12-15(13-6-8-16-18(10-13)22-16)14-7-9-17-19(11-14)23-17/h13-19H,4-12H2,1-3H3. The highest BCUT2D eigenvalue weighted by Crippen LogP contribution is 2.51. The largest absolute Gasteiger partial charge is 0.395 e. The van der Waals surface area contributed by atoms with Gasteiger partial charge in [-0.05, 0) is 82.7 Å². The first-order chi connectivity index (χ1) is 11.6. The Kier molecular flexibility index (Phi) is 5.09. The van der Waals surface area contributed by atoms with Gasteiger partial charge in [-0.15, -0.1) is 0 Å². The van der Waals surface area contributed by atoms with Crippen LogP contribution in [0.25, 0.3) is 0 Å². The first kappa shape index (κ1) is 17.5. The van der Waals surface area contributed by atoms with Crippen LogP contribution in [0.4, 0.5) is 0 Å². The van der Waals surface area contributed by atoms with E-state index in [0.717, 1.165) is 37.0 Å². The van der Waals surface area contributed by atoms with Crippen molar-refractivity contribution in [3.05, 3.63) is 0 Å². The molecule has 4 fully saturated rings. The maximum atomic E-state index is 6.21. The predicted molar refractivity (Wildman–Crippen MR) is 95.2 cm³/mol. The van der Waals surface area contributed by atoms with E-state index in [1.54, 1.807) is 0 Å². The summed E-state index contributed by atoms with van der Waals surface area (Å²) in [6.45, 7) is 8.03. The second-order valence-corrected chi connectivity index (χ2v) is 11.7. The summed E-state index contributed by atoms with van der Waals surface area (Å²) in [7, 11) is -2.08. The molecule has 0 aromatic carbocycles. The van der Waals surface area contributed by atoms with Gasteiger partial charge in [0.25, 0.3) is 0 Å². The molecule has 4 rings (SSSR count). The zero-order chi connectivity index (χ0) is 16.7. The average molecular weight is 355 g/mol. The van der Waals surface area contributed by atoms with E-state index in [-0.39, 0.29) is 0 Å². The molecule has 138 valence electrons. The monoisotopic (exact) mass is 354 g/mol. The zero-order valence-corrected chi connectivity index (χ0v) is 16.5. The molecule has 5 heteroatoms. The molecule has 0 N–H and O–H groups in total. The summed E-state index contributed by atoms with van der Waals surface area (Å²) in [5.41, 5.74) is 0. The number of rotatable bonds is 8. The van der Waals surface area contributed by atoms with E-state index >= 15 is 0 Å². The molecule has 2 saturated heterocycles. The highest BCUT2D eigenvalue weighted by Gasteiger charge is 2.52. The lowest BCUT2D eigenvalue weighted by atomic mass is 9.70. The van der Waals surface area contributed by atoms with Crippen LogP contribution in [0.1, 0.15) is 52.4 Å². The smallest absolute Gasteiger partial charge is 0.335 e. The van der Waals surface area contributed by atoms with E-state index in [0.29, 0.717) is 24.4 Å². The van der Waals surface area contributed by atoms with Gasteiger partial charge in [0.15, 0.2) is 0 Å². The summed E-state index contributed by atoms with van der Waals surface area (Å²) in [5.74, 6) is 2.32. The van der Waals surface area contributed by atoms with Crippen LogP contribution < -0.4 is 0 Å². The van der Waals surface area contributed by atoms with E-state index in [2.05, 4.69) is 20.4 Å². The Morgan fingerprint density at radius 1 is 0.833 bits per heavy atom. The molecule has 0 spiro atoms. The number of fused-ring (bicyclic) bond motifs is 2. The van der Waals surface area contributed by atoms with Gasteiger partial charge in [0.2, 0.25) is 0 Å². The minimum absolute atomic E-state index is 0.562. The molecule has 2 aliphatic carbocycles. The molecule has 4 nitrogen and oxygen atoms in total. The third kappa shape index (κ3) is 3.75. The van der Waals surface area contributed by atoms with E-state index in [1.807, 2.05) is 0 Å². The fourth-order valence-electron chi connectivity index (χ4n) is 5.56. The molecule has 0 radical (unpaired) electrons. The fraction of sp³-hybridized carbons (Fsp3) is 1.00. The van der Waals surface area contributed by atoms with Gasteiger partial charge in [0.05, 0.1) is 24.4 Å². The van der Waals surface area contributed by atoms with Gasteiger partial charge >= 0.3 is 8.56 Å². The Bertz CT molecular complexity index is 411. The van der Waals surface area contributed by atoms with Crippen LogP contribution in [0.15, 0.2) is 0 Å². The summed E-state index contributed by atoms with van der Waals surface area (Å²) in [5, 5.41) is 0. The SMILES string of the molecule is CCO[Si](C)(CC(C1CCC2OC2C1)C1CCC2OC2C1)OCC. The summed E-state index contributed by atoms with van der Waals surface area (Å²) >= 11 is 0. The van der Waals surface area contributed by atoms with Crippen LogP contribution in [0.3, 0.4) is 0 Å². The molecule has 6 atom stereocenters. The van der Waals surface area contributed by atoms with Crippen LogP contribution >= 0.6 is 0 Å². The van der Waals surface area contributed by atoms with Crippen molar-refractivity contribution in [2.45, 2.75) is 89.4 Å². The first-order valence-corrected chi connectivity index (χ1v) is 12.7. The van der Waals surface area contributed by atoms with Crippen molar-refractivity contribution in [3.63, 3.8) is 0 Å². The molecular weight excluding hydrogens is 320 g/mol. The van der Waals surface area contributed by atoms with Crippen LogP contribution in [0.2, 0.25) is 12.6 Å². The molecule has 2 aliphatic heterocycles. The van der Waals surface area contributed by atoms with Crippen molar-refractivity contribution < 1.29 is 18.3 Å². The van der Waals surface area contributed by atoms with Crippen molar-refractivity contribution in [2.24, 2.45) is 17.8 Å². The second-order valence-electron chi connectivity index (χ2n) is 8.44. The second kappa shape index (κ2) is 6.99. The molecular formula is C19H34O4Si. The molecule has 4 aliphatic rings. The molecule has 0 bridgehead atoms. The third-order valence-corrected chi connectivity index (χ3v) is 9.82. The number of epoxide rings is 2. The maximum Gasteiger partial charge on any atom is 0.335 e. The average Bonchev–Trinajstić information content (AvgIpc) is 3.45. The molecule has 6 unspecified atom stereocenters. The highest BCUT2D eigenvalue weighted by molar-refractivity contribution is 6.66. The lowest BCUT2D eigenvalue weighted by molar-refractivity contribution is 0.136. The van der Waals surface area contributed by atoms with Gasteiger partial charge in [0.1, 0.15) is 0 Å². The minimum Gasteiger partial charge on any atom is -0.395 e. The molecule has 0 amide bonds. The van der Waals surface area contributed by atoms with Gasteiger partial charge in [-0.2, -0.15) is 0 Å². The third-order valence-electron chi connectivity index (χ3n) is 6.81. The fourth-order valence-corrected chi connectivity index (χ4v) is 8.63. The maximum absolute atomic E-state index is 6.21. The minimum atomic E-state index is -2.08. The Hall–Kier alpha value is 0.0569. The quantitative estimate of drug-likeness (QED) is 0.490. The van der Waals surface area contributed by atoms with Crippen molar-refractivity contribution in [2.75, 3.05) is 13.2 Å². The molecule has 2 saturated carbocycles. The summed E-state index contributed by atoms with van der Waals surface area (Å²) in [6.07, 6.45) is 10.0. The Balaban J connectivity index is 1.47. The van der Waals surface area contributed by atoms with E-state index < -0.39 is 8.56 Å². The van der Waals surface area contributed by atoms with E-state index in [9.17, 15) is 0 Å². The van der Waals surface area contributed by atoms with Crippen LogP contribution in [0, 0.1) is 17.8 Å². The number of hydrogen-bond donors (Lipinski definition) is 0. The number of ether oxygens (including phenoxy) is 2. The molecule has 0 aromatic rings. The van der Waals surface area contributed by atoms with Crippen LogP contribution in [-0.4, -0.2) is 46.2 Å². The summed E-state index contributed by atoms with van der Waals surface area (Å²) in [6, 6.07) is 1.15. The summed E-state index contributed by atoms with van der Waals surface area (Å²) < 4.78 is 24.1. The van der Waals surface area contributed by atoms with Crippen LogP contribution in [-0.2, 0) is 18.3 Å². The van der Waals surface area contributed by atoms with Gasteiger partial charge in [-0.1, -0.05) is 0 Å². The van der Waals surface area contributed by atoms with Crippen LogP contribution in [0.5, 0.6) is 0 Å². The lowest BCUT2D eigenvalue weighted by Crippen LogP contribution is -2.44. The van der Waals surface area contributed by atoms with Gasteiger partial charge in [0, 0.05) is 13.2 Å². The topological polar surface area (TPSA) is 43.5 Å². The Labute approximate surface area is 147 Å². The van der Waals surface area contributed by atoms with Crippen molar-refractivity contribution >= 4 is 8.56 Å². The highest BCUT2D eigenvalue weighted by atomic mass is 28.4.